The van der Waals surface area contributed by atoms with E-state index in [2.05, 4.69) is 14.9 Å². The van der Waals surface area contributed by atoms with Crippen LogP contribution >= 0.6 is 0 Å². The molecule has 1 unspecified atom stereocenters. The van der Waals surface area contributed by atoms with E-state index in [1.165, 1.54) is 0 Å². The second-order valence-electron chi connectivity index (χ2n) is 4.04. The molecular formula is C9H15N3O4S. The summed E-state index contributed by atoms with van der Waals surface area (Å²) in [6.07, 6.45) is 1.15. The number of aliphatic carboxylic acids is 1. The van der Waals surface area contributed by atoms with Crippen LogP contribution in [0, 0.1) is 12.8 Å². The van der Waals surface area contributed by atoms with Crippen molar-refractivity contribution in [3.63, 3.8) is 0 Å². The van der Waals surface area contributed by atoms with E-state index in [9.17, 15) is 13.2 Å². The van der Waals surface area contributed by atoms with Crippen molar-refractivity contribution in [1.29, 1.82) is 0 Å². The van der Waals surface area contributed by atoms with Crippen LogP contribution in [0.25, 0.3) is 0 Å². The molecule has 0 aromatic carbocycles. The van der Waals surface area contributed by atoms with Gasteiger partial charge in [-0.05, 0) is 12.8 Å². The molecule has 0 amide bonds. The number of hydrogen-bond donors (Lipinski definition) is 3. The number of hydrogen-bond acceptors (Lipinski definition) is 4. The summed E-state index contributed by atoms with van der Waals surface area (Å²) in [5, 5.41) is 15.0. The van der Waals surface area contributed by atoms with Gasteiger partial charge in [0.05, 0.1) is 11.9 Å². The van der Waals surface area contributed by atoms with Crippen LogP contribution in [-0.4, -0.2) is 35.7 Å². The van der Waals surface area contributed by atoms with Crippen LogP contribution in [0.1, 0.15) is 19.5 Å². The minimum absolute atomic E-state index is 0.0376. The Morgan fingerprint density at radius 3 is 2.47 bits per heavy atom. The first-order valence-corrected chi connectivity index (χ1v) is 6.49. The minimum Gasteiger partial charge on any atom is -0.480 e. The average molecular weight is 261 g/mol. The maximum atomic E-state index is 11.9. The van der Waals surface area contributed by atoms with Crippen molar-refractivity contribution in [2.75, 3.05) is 0 Å². The highest BCUT2D eigenvalue weighted by Gasteiger charge is 2.29. The van der Waals surface area contributed by atoms with Crippen molar-refractivity contribution >= 4 is 16.0 Å². The molecule has 0 fully saturated rings. The molecule has 96 valence electrons. The zero-order valence-corrected chi connectivity index (χ0v) is 10.6. The van der Waals surface area contributed by atoms with Gasteiger partial charge in [0.1, 0.15) is 10.9 Å². The standard InChI is InChI=1S/C9H15N3O4S/c1-5(2)8(9(13)14)12-17(15,16)7-4-10-11-6(7)3/h4-5,8,12H,1-3H3,(H,10,11)(H,13,14). The van der Waals surface area contributed by atoms with Crippen LogP contribution in [0.15, 0.2) is 11.1 Å². The van der Waals surface area contributed by atoms with Gasteiger partial charge in [-0.25, -0.2) is 8.42 Å². The van der Waals surface area contributed by atoms with E-state index >= 15 is 0 Å². The van der Waals surface area contributed by atoms with Crippen molar-refractivity contribution in [1.82, 2.24) is 14.9 Å². The highest BCUT2D eigenvalue weighted by atomic mass is 32.2. The Hall–Kier alpha value is -1.41. The molecule has 0 aliphatic heterocycles. The number of nitrogens with one attached hydrogen (secondary N) is 2. The van der Waals surface area contributed by atoms with E-state index in [0.29, 0.717) is 5.69 Å². The fraction of sp³-hybridized carbons (Fsp3) is 0.556. The van der Waals surface area contributed by atoms with Crippen LogP contribution in [0.5, 0.6) is 0 Å². The average Bonchev–Trinajstić information content (AvgIpc) is 2.60. The SMILES string of the molecule is Cc1[nH]ncc1S(=O)(=O)NC(C(=O)O)C(C)C. The molecule has 1 aromatic rings. The third-order valence-corrected chi connectivity index (χ3v) is 3.84. The predicted molar refractivity (Wildman–Crippen MR) is 59.9 cm³/mol. The van der Waals surface area contributed by atoms with Gasteiger partial charge in [-0.2, -0.15) is 9.82 Å². The van der Waals surface area contributed by atoms with E-state index in [1.54, 1.807) is 20.8 Å². The first-order valence-electron chi connectivity index (χ1n) is 5.01. The van der Waals surface area contributed by atoms with Crippen LogP contribution in [0.4, 0.5) is 0 Å². The normalized spacial score (nSPS) is 13.9. The smallest absolute Gasteiger partial charge is 0.322 e. The van der Waals surface area contributed by atoms with E-state index in [-0.39, 0.29) is 10.8 Å². The lowest BCUT2D eigenvalue weighted by molar-refractivity contribution is -0.140. The first-order chi connectivity index (χ1) is 7.75. The van der Waals surface area contributed by atoms with Gasteiger partial charge in [-0.3, -0.25) is 9.89 Å². The fourth-order valence-corrected chi connectivity index (χ4v) is 2.79. The maximum absolute atomic E-state index is 11.9. The van der Waals surface area contributed by atoms with Gasteiger partial charge in [-0.15, -0.1) is 0 Å². The number of carboxylic acids is 1. The topological polar surface area (TPSA) is 112 Å². The van der Waals surface area contributed by atoms with Crippen LogP contribution in [0.3, 0.4) is 0 Å². The van der Waals surface area contributed by atoms with E-state index in [1.807, 2.05) is 0 Å². The monoisotopic (exact) mass is 261 g/mol. The van der Waals surface area contributed by atoms with Crippen LogP contribution in [0.2, 0.25) is 0 Å². The lowest BCUT2D eigenvalue weighted by Gasteiger charge is -2.17. The summed E-state index contributed by atoms with van der Waals surface area (Å²) in [4.78, 5) is 10.9. The van der Waals surface area contributed by atoms with E-state index in [4.69, 9.17) is 5.11 Å². The van der Waals surface area contributed by atoms with Gasteiger partial charge in [0, 0.05) is 0 Å². The molecule has 0 saturated carbocycles. The van der Waals surface area contributed by atoms with Gasteiger partial charge in [-0.1, -0.05) is 13.8 Å². The molecule has 0 radical (unpaired) electrons. The molecule has 1 rings (SSSR count). The minimum atomic E-state index is -3.86. The summed E-state index contributed by atoms with van der Waals surface area (Å²) in [6.45, 7) is 4.81. The third kappa shape index (κ3) is 3.04. The summed E-state index contributed by atoms with van der Waals surface area (Å²) < 4.78 is 25.9. The van der Waals surface area contributed by atoms with E-state index in [0.717, 1.165) is 6.20 Å². The Balaban J connectivity index is 3.01. The molecule has 7 nitrogen and oxygen atoms in total. The Bertz CT molecular complexity index is 506. The number of aromatic nitrogens is 2. The molecule has 1 heterocycles. The number of aromatic amines is 1. The van der Waals surface area contributed by atoms with Gasteiger partial charge in [0.25, 0.3) is 0 Å². The summed E-state index contributed by atoms with van der Waals surface area (Å²) in [5.41, 5.74) is 0.366. The molecule has 3 N–H and O–H groups in total. The molecular weight excluding hydrogens is 246 g/mol. The fourth-order valence-electron chi connectivity index (χ4n) is 1.31. The Morgan fingerprint density at radius 1 is 1.53 bits per heavy atom. The van der Waals surface area contributed by atoms with Crippen molar-refractivity contribution < 1.29 is 18.3 Å². The number of H-pyrrole nitrogens is 1. The zero-order chi connectivity index (χ0) is 13.2. The first kappa shape index (κ1) is 13.7. The number of carboxylic acid groups (broad SMARTS) is 1. The summed E-state index contributed by atoms with van der Waals surface area (Å²) in [5.74, 6) is -1.56. The van der Waals surface area contributed by atoms with Crippen molar-refractivity contribution in [3.05, 3.63) is 11.9 Å². The molecule has 17 heavy (non-hydrogen) atoms. The zero-order valence-electron chi connectivity index (χ0n) is 9.76. The van der Waals surface area contributed by atoms with Gasteiger partial charge >= 0.3 is 5.97 Å². The van der Waals surface area contributed by atoms with E-state index < -0.39 is 22.0 Å². The van der Waals surface area contributed by atoms with Crippen LogP contribution < -0.4 is 4.72 Å². The van der Waals surface area contributed by atoms with Crippen molar-refractivity contribution in [2.45, 2.75) is 31.7 Å². The Morgan fingerprint density at radius 2 is 2.12 bits per heavy atom. The Labute approximate surface area is 99.3 Å². The van der Waals surface area contributed by atoms with Crippen molar-refractivity contribution in [3.8, 4) is 0 Å². The van der Waals surface area contributed by atoms with Crippen molar-refractivity contribution in [2.24, 2.45) is 5.92 Å². The molecule has 0 aliphatic rings. The molecule has 1 atom stereocenters. The number of carbonyl (C=O) groups is 1. The predicted octanol–water partition coefficient (Wildman–Crippen LogP) is 0.106. The molecule has 8 heteroatoms. The second kappa shape index (κ2) is 4.84. The van der Waals surface area contributed by atoms with Gasteiger partial charge in [0.15, 0.2) is 0 Å². The second-order valence-corrected chi connectivity index (χ2v) is 5.72. The number of rotatable bonds is 5. The van der Waals surface area contributed by atoms with Crippen LogP contribution in [-0.2, 0) is 14.8 Å². The lowest BCUT2D eigenvalue weighted by Crippen LogP contribution is -2.44. The third-order valence-electron chi connectivity index (χ3n) is 2.29. The summed E-state index contributed by atoms with van der Waals surface area (Å²) in [7, 11) is -3.86. The number of aryl methyl sites for hydroxylation is 1. The molecule has 0 bridgehead atoms. The molecule has 0 spiro atoms. The quantitative estimate of drug-likeness (QED) is 0.696. The summed E-state index contributed by atoms with van der Waals surface area (Å²) >= 11 is 0. The van der Waals surface area contributed by atoms with Gasteiger partial charge < -0.3 is 5.11 Å². The molecule has 0 aliphatic carbocycles. The molecule has 0 saturated heterocycles. The number of nitrogens with zero attached hydrogens (tertiary/aromatic N) is 1. The molecule has 1 aromatic heterocycles. The highest BCUT2D eigenvalue weighted by Crippen LogP contribution is 2.13. The maximum Gasteiger partial charge on any atom is 0.322 e. The highest BCUT2D eigenvalue weighted by molar-refractivity contribution is 7.89. The Kier molecular flexibility index (Phi) is 3.89. The largest absolute Gasteiger partial charge is 0.480 e. The summed E-state index contributed by atoms with van der Waals surface area (Å²) in [6, 6.07) is -1.16. The lowest BCUT2D eigenvalue weighted by atomic mass is 10.1. The van der Waals surface area contributed by atoms with Gasteiger partial charge in [0.2, 0.25) is 10.0 Å². The number of sulfonamides is 1.